The van der Waals surface area contributed by atoms with Gasteiger partial charge >= 0.3 is 0 Å². The lowest BCUT2D eigenvalue weighted by Gasteiger charge is -2.48. The summed E-state index contributed by atoms with van der Waals surface area (Å²) in [5, 5.41) is 0.676. The molecular formula is C22H38S. The van der Waals surface area contributed by atoms with Gasteiger partial charge in [0.25, 0.3) is 0 Å². The molecule has 1 heteroatoms. The van der Waals surface area contributed by atoms with Gasteiger partial charge in [0, 0.05) is 5.25 Å². The third-order valence-corrected chi connectivity index (χ3v) is 9.48. The first-order chi connectivity index (χ1) is 10.9. The Bertz CT molecular complexity index is 441. The summed E-state index contributed by atoms with van der Waals surface area (Å²) in [6.45, 7) is 7.80. The Labute approximate surface area is 150 Å². The zero-order valence-electron chi connectivity index (χ0n) is 15.7. The molecule has 4 fully saturated rings. The van der Waals surface area contributed by atoms with Gasteiger partial charge in [-0.15, -0.1) is 0 Å². The summed E-state index contributed by atoms with van der Waals surface area (Å²) in [4.78, 5) is 0. The number of hydrogen-bond donors (Lipinski definition) is 1. The van der Waals surface area contributed by atoms with Crippen molar-refractivity contribution in [3.63, 3.8) is 0 Å². The fraction of sp³-hybridized carbons (Fsp3) is 1.00. The van der Waals surface area contributed by atoms with Gasteiger partial charge in [-0.3, -0.25) is 0 Å². The average Bonchev–Trinajstić information content (AvgIpc) is 2.77. The molecule has 0 nitrogen and oxygen atoms in total. The highest BCUT2D eigenvalue weighted by Gasteiger charge is 2.55. The van der Waals surface area contributed by atoms with Crippen molar-refractivity contribution in [2.45, 2.75) is 96.7 Å². The topological polar surface area (TPSA) is 0 Å². The SMILES string of the molecule is C[C@@H]1CCC(S)C2CCCC3(CCC(C2)C2CC3C(C)(C)C2)C1. The fourth-order valence-electron chi connectivity index (χ4n) is 7.86. The van der Waals surface area contributed by atoms with Gasteiger partial charge in [-0.2, -0.15) is 12.6 Å². The third-order valence-electron chi connectivity index (χ3n) is 8.80. The largest absolute Gasteiger partial charge is 0.176 e. The van der Waals surface area contributed by atoms with Crippen LogP contribution in [-0.2, 0) is 0 Å². The van der Waals surface area contributed by atoms with E-state index < -0.39 is 0 Å². The second-order valence-corrected chi connectivity index (χ2v) is 11.4. The minimum atomic E-state index is 0.595. The van der Waals surface area contributed by atoms with Crippen molar-refractivity contribution in [3.8, 4) is 0 Å². The van der Waals surface area contributed by atoms with Gasteiger partial charge in [0.1, 0.15) is 0 Å². The van der Waals surface area contributed by atoms with Crippen LogP contribution in [0.15, 0.2) is 0 Å². The van der Waals surface area contributed by atoms with Crippen molar-refractivity contribution in [3.05, 3.63) is 0 Å². The Morgan fingerprint density at radius 3 is 2.48 bits per heavy atom. The molecule has 0 N–H and O–H groups in total. The Kier molecular flexibility index (Phi) is 4.35. The standard InChI is InChI=1S/C22H38S/c1-15-6-7-19(23)17-5-4-9-22(13-15)10-8-16(11-17)18-12-20(22)21(2,3)14-18/h15-20,23H,4-14H2,1-3H3/t15-,16?,17?,18?,19?,20?,22?/m1/s1. The maximum Gasteiger partial charge on any atom is 0.00452 e. The molecule has 0 aliphatic heterocycles. The van der Waals surface area contributed by atoms with E-state index in [0.717, 1.165) is 29.6 Å². The predicted molar refractivity (Wildman–Crippen MR) is 103 cm³/mol. The van der Waals surface area contributed by atoms with E-state index in [0.29, 0.717) is 16.1 Å². The number of rotatable bonds is 0. The lowest BCUT2D eigenvalue weighted by atomic mass is 9.57. The molecule has 4 rings (SSSR count). The van der Waals surface area contributed by atoms with Gasteiger partial charge in [0.2, 0.25) is 0 Å². The highest BCUT2D eigenvalue weighted by Crippen LogP contribution is 2.65. The maximum absolute atomic E-state index is 5.10. The first-order valence-corrected chi connectivity index (χ1v) is 11.1. The van der Waals surface area contributed by atoms with Crippen molar-refractivity contribution < 1.29 is 0 Å². The molecule has 0 aromatic rings. The maximum atomic E-state index is 5.10. The number of hydrogen-bond acceptors (Lipinski definition) is 1. The van der Waals surface area contributed by atoms with Crippen molar-refractivity contribution >= 4 is 12.6 Å². The molecule has 4 aliphatic carbocycles. The quantitative estimate of drug-likeness (QED) is 0.466. The van der Waals surface area contributed by atoms with E-state index in [9.17, 15) is 0 Å². The Balaban J connectivity index is 1.77. The van der Waals surface area contributed by atoms with Crippen LogP contribution < -0.4 is 0 Å². The predicted octanol–water partition coefficient (Wildman–Crippen LogP) is 6.74. The van der Waals surface area contributed by atoms with Crippen LogP contribution in [0, 0.1) is 40.4 Å². The molecule has 0 aromatic heterocycles. The van der Waals surface area contributed by atoms with Crippen LogP contribution in [0.25, 0.3) is 0 Å². The first-order valence-electron chi connectivity index (χ1n) is 10.6. The van der Waals surface area contributed by atoms with Crippen molar-refractivity contribution in [2.24, 2.45) is 40.4 Å². The Morgan fingerprint density at radius 1 is 0.826 bits per heavy atom. The fourth-order valence-corrected chi connectivity index (χ4v) is 8.28. The van der Waals surface area contributed by atoms with E-state index in [1.165, 1.54) is 51.4 Å². The molecule has 4 saturated carbocycles. The van der Waals surface area contributed by atoms with E-state index >= 15 is 0 Å². The van der Waals surface area contributed by atoms with Gasteiger partial charge in [-0.25, -0.2) is 0 Å². The molecule has 7 atom stereocenters. The number of fused-ring (bicyclic) bond motifs is 8. The van der Waals surface area contributed by atoms with Gasteiger partial charge < -0.3 is 0 Å². The Hall–Kier alpha value is 0.350. The summed E-state index contributed by atoms with van der Waals surface area (Å²) >= 11 is 5.10. The summed E-state index contributed by atoms with van der Waals surface area (Å²) in [5.74, 6) is 4.88. The molecule has 6 unspecified atom stereocenters. The van der Waals surface area contributed by atoms with Crippen LogP contribution in [0.4, 0.5) is 0 Å². The molecule has 4 aliphatic rings. The minimum Gasteiger partial charge on any atom is -0.176 e. The van der Waals surface area contributed by atoms with Crippen molar-refractivity contribution in [1.82, 2.24) is 0 Å². The van der Waals surface area contributed by atoms with Crippen LogP contribution in [0.1, 0.15) is 91.4 Å². The van der Waals surface area contributed by atoms with Gasteiger partial charge in [0.15, 0.2) is 0 Å². The van der Waals surface area contributed by atoms with Crippen molar-refractivity contribution in [2.75, 3.05) is 0 Å². The van der Waals surface area contributed by atoms with Crippen LogP contribution in [0.5, 0.6) is 0 Å². The molecular weight excluding hydrogens is 296 g/mol. The summed E-state index contributed by atoms with van der Waals surface area (Å²) in [5.41, 5.74) is 1.28. The van der Waals surface area contributed by atoms with Crippen LogP contribution in [0.3, 0.4) is 0 Å². The summed E-state index contributed by atoms with van der Waals surface area (Å²) < 4.78 is 0. The van der Waals surface area contributed by atoms with Crippen molar-refractivity contribution in [1.29, 1.82) is 0 Å². The van der Waals surface area contributed by atoms with E-state index in [1.54, 1.807) is 19.3 Å². The highest BCUT2D eigenvalue weighted by atomic mass is 32.1. The molecule has 23 heavy (non-hydrogen) atoms. The van der Waals surface area contributed by atoms with Gasteiger partial charge in [-0.05, 0) is 105 Å². The van der Waals surface area contributed by atoms with Crippen LogP contribution in [0.2, 0.25) is 0 Å². The average molecular weight is 335 g/mol. The molecule has 1 spiro atoms. The van der Waals surface area contributed by atoms with E-state index in [2.05, 4.69) is 20.8 Å². The number of thiol groups is 1. The zero-order chi connectivity index (χ0) is 16.2. The highest BCUT2D eigenvalue weighted by molar-refractivity contribution is 7.81. The van der Waals surface area contributed by atoms with Gasteiger partial charge in [0.05, 0.1) is 0 Å². The zero-order valence-corrected chi connectivity index (χ0v) is 16.6. The first kappa shape index (κ1) is 16.8. The molecule has 5 bridgehead atoms. The van der Waals surface area contributed by atoms with E-state index in [4.69, 9.17) is 12.6 Å². The summed E-state index contributed by atoms with van der Waals surface area (Å²) in [6, 6.07) is 0. The third kappa shape index (κ3) is 2.91. The smallest absolute Gasteiger partial charge is 0.00452 e. The Morgan fingerprint density at radius 2 is 1.65 bits per heavy atom. The molecule has 0 heterocycles. The second-order valence-electron chi connectivity index (χ2n) is 10.7. The molecule has 0 amide bonds. The molecule has 0 radical (unpaired) electrons. The normalized spacial score (nSPS) is 52.7. The van der Waals surface area contributed by atoms with Gasteiger partial charge in [-0.1, -0.05) is 27.2 Å². The second kappa shape index (κ2) is 5.96. The molecule has 0 aromatic carbocycles. The monoisotopic (exact) mass is 334 g/mol. The minimum absolute atomic E-state index is 0.595. The summed E-state index contributed by atoms with van der Waals surface area (Å²) in [6.07, 6.45) is 16.5. The van der Waals surface area contributed by atoms with E-state index in [-0.39, 0.29) is 0 Å². The molecule has 132 valence electrons. The lowest BCUT2D eigenvalue weighted by Crippen LogP contribution is -2.39. The lowest BCUT2D eigenvalue weighted by molar-refractivity contribution is 0.0222. The van der Waals surface area contributed by atoms with Crippen LogP contribution in [-0.4, -0.2) is 5.25 Å². The van der Waals surface area contributed by atoms with E-state index in [1.807, 2.05) is 0 Å². The summed E-state index contributed by atoms with van der Waals surface area (Å²) in [7, 11) is 0. The molecule has 0 saturated heterocycles. The van der Waals surface area contributed by atoms with Crippen LogP contribution >= 0.6 is 12.6 Å².